The monoisotopic (exact) mass is 102 g/mol. The molecule has 0 aromatic carbocycles. The van der Waals surface area contributed by atoms with Crippen LogP contribution in [-0.2, 0) is 4.74 Å². The molecule has 1 rings (SSSR count). The van der Waals surface area contributed by atoms with Crippen LogP contribution in [0.25, 0.3) is 0 Å². The zero-order valence-electron chi connectivity index (χ0n) is 4.64. The van der Waals surface area contributed by atoms with Crippen LogP contribution in [-0.4, -0.2) is 23.4 Å². The van der Waals surface area contributed by atoms with Crippen LogP contribution in [0.5, 0.6) is 0 Å². The summed E-state index contributed by atoms with van der Waals surface area (Å²) < 4.78 is 5.00. The fourth-order valence-electron chi connectivity index (χ4n) is 0.590. The van der Waals surface area contributed by atoms with Crippen molar-refractivity contribution in [3.63, 3.8) is 0 Å². The van der Waals surface area contributed by atoms with E-state index in [-0.39, 0.29) is 18.3 Å². The van der Waals surface area contributed by atoms with E-state index in [1.807, 2.05) is 13.8 Å². The number of rotatable bonds is 1. The lowest BCUT2D eigenvalue weighted by Crippen LogP contribution is -2.05. The molecule has 1 N–H and O–H groups in total. The average molecular weight is 102 g/mol. The molecule has 1 heterocycles. The highest BCUT2D eigenvalue weighted by atomic mass is 16.6. The molecule has 7 heavy (non-hydrogen) atoms. The Hall–Kier alpha value is -0.0800. The molecule has 2 nitrogen and oxygen atoms in total. The fourth-order valence-corrected chi connectivity index (χ4v) is 0.590. The number of hydrogen-bond donors (Lipinski definition) is 1. The van der Waals surface area contributed by atoms with E-state index in [0.717, 1.165) is 0 Å². The molecule has 1 aliphatic rings. The van der Waals surface area contributed by atoms with Gasteiger partial charge in [-0.3, -0.25) is 0 Å². The van der Waals surface area contributed by atoms with Crippen molar-refractivity contribution in [1.29, 1.82) is 0 Å². The van der Waals surface area contributed by atoms with Crippen molar-refractivity contribution in [3.05, 3.63) is 0 Å². The van der Waals surface area contributed by atoms with Crippen LogP contribution in [0, 0.1) is 0 Å². The summed E-state index contributed by atoms with van der Waals surface area (Å²) in [5.41, 5.74) is -0.0330. The van der Waals surface area contributed by atoms with Crippen LogP contribution in [0.1, 0.15) is 13.8 Å². The third kappa shape index (κ3) is 0.763. The van der Waals surface area contributed by atoms with Gasteiger partial charge in [0, 0.05) is 0 Å². The summed E-state index contributed by atoms with van der Waals surface area (Å²) in [6.07, 6.45) is 0.104. The van der Waals surface area contributed by atoms with E-state index in [1.165, 1.54) is 0 Å². The Balaban J connectivity index is 2.30. The second-order valence-electron chi connectivity index (χ2n) is 2.39. The minimum Gasteiger partial charge on any atom is -0.394 e. The Kier molecular flexibility index (Phi) is 0.869. The Bertz CT molecular complexity index is 78.1. The Morgan fingerprint density at radius 2 is 2.14 bits per heavy atom. The van der Waals surface area contributed by atoms with E-state index in [0.29, 0.717) is 0 Å². The maximum atomic E-state index is 8.42. The molecule has 0 amide bonds. The predicted octanol–water partition coefficient (Wildman–Crippen LogP) is 0.156. The molecule has 0 bridgehead atoms. The molecule has 0 aromatic heterocycles. The lowest BCUT2D eigenvalue weighted by molar-refractivity contribution is 0.238. The zero-order chi connectivity index (χ0) is 5.49. The third-order valence-electron chi connectivity index (χ3n) is 1.33. The molecular weight excluding hydrogens is 92.1 g/mol. The maximum Gasteiger partial charge on any atom is 0.110 e. The predicted molar refractivity (Wildman–Crippen MR) is 26.0 cm³/mol. The van der Waals surface area contributed by atoms with Crippen molar-refractivity contribution in [3.8, 4) is 0 Å². The van der Waals surface area contributed by atoms with E-state index in [4.69, 9.17) is 9.84 Å². The quantitative estimate of drug-likeness (QED) is 0.478. The summed E-state index contributed by atoms with van der Waals surface area (Å²) in [4.78, 5) is 0. The van der Waals surface area contributed by atoms with E-state index < -0.39 is 0 Å². The minimum atomic E-state index is -0.0330. The van der Waals surface area contributed by atoms with Gasteiger partial charge in [-0.05, 0) is 13.8 Å². The van der Waals surface area contributed by atoms with E-state index in [9.17, 15) is 0 Å². The molecule has 1 atom stereocenters. The van der Waals surface area contributed by atoms with E-state index in [1.54, 1.807) is 0 Å². The molecule has 0 aromatic rings. The lowest BCUT2D eigenvalue weighted by Gasteiger charge is -1.87. The molecule has 42 valence electrons. The third-order valence-corrected chi connectivity index (χ3v) is 1.33. The molecule has 1 saturated heterocycles. The Morgan fingerprint density at radius 3 is 2.14 bits per heavy atom. The van der Waals surface area contributed by atoms with Gasteiger partial charge >= 0.3 is 0 Å². The highest BCUT2D eigenvalue weighted by molar-refractivity contribution is 4.93. The number of hydrogen-bond acceptors (Lipinski definition) is 2. The standard InChI is InChI=1S/C5H10O2/c1-5(2)4(3-6)7-5/h4,6H,3H2,1-2H3/t4-/m1/s1. The first-order valence-electron chi connectivity index (χ1n) is 2.45. The van der Waals surface area contributed by atoms with Crippen molar-refractivity contribution in [2.75, 3.05) is 6.61 Å². The van der Waals surface area contributed by atoms with E-state index >= 15 is 0 Å². The minimum absolute atomic E-state index is 0.0330. The summed E-state index contributed by atoms with van der Waals surface area (Å²) in [6, 6.07) is 0. The Labute approximate surface area is 43.1 Å². The van der Waals surface area contributed by atoms with Crippen molar-refractivity contribution < 1.29 is 9.84 Å². The molecular formula is C5H10O2. The van der Waals surface area contributed by atoms with Crippen molar-refractivity contribution >= 4 is 0 Å². The second kappa shape index (κ2) is 1.20. The van der Waals surface area contributed by atoms with Crippen LogP contribution in [0.2, 0.25) is 0 Å². The fraction of sp³-hybridized carbons (Fsp3) is 1.00. The Morgan fingerprint density at radius 1 is 1.71 bits per heavy atom. The van der Waals surface area contributed by atoms with Crippen LogP contribution in [0.15, 0.2) is 0 Å². The topological polar surface area (TPSA) is 32.8 Å². The highest BCUT2D eigenvalue weighted by Gasteiger charge is 2.46. The first-order chi connectivity index (χ1) is 3.17. The van der Waals surface area contributed by atoms with Gasteiger partial charge in [0.05, 0.1) is 12.2 Å². The first-order valence-corrected chi connectivity index (χ1v) is 2.45. The smallest absolute Gasteiger partial charge is 0.110 e. The summed E-state index contributed by atoms with van der Waals surface area (Å²) in [6.45, 7) is 4.09. The molecule has 1 aliphatic heterocycles. The van der Waals surface area contributed by atoms with Gasteiger partial charge in [-0.15, -0.1) is 0 Å². The molecule has 1 fully saturated rings. The summed E-state index contributed by atoms with van der Waals surface area (Å²) >= 11 is 0. The molecule has 0 unspecified atom stereocenters. The van der Waals surface area contributed by atoms with Gasteiger partial charge in [-0.25, -0.2) is 0 Å². The van der Waals surface area contributed by atoms with Crippen LogP contribution < -0.4 is 0 Å². The maximum absolute atomic E-state index is 8.42. The second-order valence-corrected chi connectivity index (χ2v) is 2.39. The largest absolute Gasteiger partial charge is 0.394 e. The highest BCUT2D eigenvalue weighted by Crippen LogP contribution is 2.34. The number of epoxide rings is 1. The molecule has 0 spiro atoms. The van der Waals surface area contributed by atoms with Crippen molar-refractivity contribution in [1.82, 2.24) is 0 Å². The van der Waals surface area contributed by atoms with Crippen LogP contribution in [0.3, 0.4) is 0 Å². The summed E-state index contributed by atoms with van der Waals surface area (Å²) in [7, 11) is 0. The van der Waals surface area contributed by atoms with E-state index in [2.05, 4.69) is 0 Å². The molecule has 0 aliphatic carbocycles. The van der Waals surface area contributed by atoms with Gasteiger partial charge in [0.2, 0.25) is 0 Å². The van der Waals surface area contributed by atoms with Crippen LogP contribution in [0.4, 0.5) is 0 Å². The number of aliphatic hydroxyl groups is 1. The number of ether oxygens (including phenoxy) is 1. The van der Waals surface area contributed by atoms with Crippen LogP contribution >= 0.6 is 0 Å². The zero-order valence-corrected chi connectivity index (χ0v) is 4.64. The van der Waals surface area contributed by atoms with Crippen molar-refractivity contribution in [2.45, 2.75) is 25.6 Å². The normalized spacial score (nSPS) is 35.6. The van der Waals surface area contributed by atoms with Crippen molar-refractivity contribution in [2.24, 2.45) is 0 Å². The molecule has 0 radical (unpaired) electrons. The van der Waals surface area contributed by atoms with Gasteiger partial charge in [0.15, 0.2) is 0 Å². The molecule has 0 saturated carbocycles. The molecule has 2 heteroatoms. The lowest BCUT2D eigenvalue weighted by atomic mass is 10.1. The number of aliphatic hydroxyl groups excluding tert-OH is 1. The first kappa shape index (κ1) is 5.06. The average Bonchev–Trinajstić information content (AvgIpc) is 2.13. The van der Waals surface area contributed by atoms with Gasteiger partial charge in [-0.1, -0.05) is 0 Å². The van der Waals surface area contributed by atoms with Gasteiger partial charge in [-0.2, -0.15) is 0 Å². The van der Waals surface area contributed by atoms with Gasteiger partial charge < -0.3 is 9.84 Å². The summed E-state index contributed by atoms with van der Waals surface area (Å²) in [5.74, 6) is 0. The van der Waals surface area contributed by atoms with Gasteiger partial charge in [0.25, 0.3) is 0 Å². The van der Waals surface area contributed by atoms with Gasteiger partial charge in [0.1, 0.15) is 6.10 Å². The summed E-state index contributed by atoms with van der Waals surface area (Å²) in [5, 5.41) is 8.42. The SMILES string of the molecule is CC1(C)O[C@@H]1CO.